The Kier molecular flexibility index (Phi) is 7.26. The highest BCUT2D eigenvalue weighted by atomic mass is 32.1. The number of aromatic nitrogens is 2. The van der Waals surface area contributed by atoms with E-state index in [1.54, 1.807) is 13.8 Å². The molecule has 0 saturated carbocycles. The molecule has 1 aromatic rings. The highest BCUT2D eigenvalue weighted by Gasteiger charge is 2.17. The lowest BCUT2D eigenvalue weighted by Gasteiger charge is -2.06. The van der Waals surface area contributed by atoms with Crippen LogP contribution in [-0.4, -0.2) is 37.9 Å². The zero-order valence-corrected chi connectivity index (χ0v) is 13.7. The van der Waals surface area contributed by atoms with Crippen molar-refractivity contribution >= 4 is 34.9 Å². The first kappa shape index (κ1) is 18.7. The standard InChI is InChI=1S/C13H18N4O5S/c1-9-14-8-12(17(20)21)16(9)6-7-22-13(19)5-3-4-11(18)15-10(2)23/h8H,3-7H2,1-2H3,(H,15,18,23). The number of hydrogen-bond acceptors (Lipinski definition) is 7. The number of carbonyl (C=O) groups is 2. The Bertz CT molecular complexity index is 614. The Balaban J connectivity index is 2.30. The minimum atomic E-state index is -0.543. The molecule has 0 aliphatic carbocycles. The van der Waals surface area contributed by atoms with E-state index in [0.717, 1.165) is 6.20 Å². The van der Waals surface area contributed by atoms with Gasteiger partial charge in [-0.1, -0.05) is 12.2 Å². The molecule has 0 fully saturated rings. The van der Waals surface area contributed by atoms with Crippen LogP contribution in [0.4, 0.5) is 5.82 Å². The molecule has 1 N–H and O–H groups in total. The summed E-state index contributed by atoms with van der Waals surface area (Å²) in [5.41, 5.74) is 0. The molecule has 126 valence electrons. The number of hydrogen-bond donors (Lipinski definition) is 1. The van der Waals surface area contributed by atoms with Crippen molar-refractivity contribution in [3.63, 3.8) is 0 Å². The van der Waals surface area contributed by atoms with Crippen molar-refractivity contribution in [1.82, 2.24) is 14.9 Å². The molecule has 9 nitrogen and oxygen atoms in total. The summed E-state index contributed by atoms with van der Waals surface area (Å²) in [7, 11) is 0. The minimum absolute atomic E-state index is 0.00210. The van der Waals surface area contributed by atoms with Crippen LogP contribution >= 0.6 is 12.2 Å². The number of ether oxygens (including phenoxy) is 1. The van der Waals surface area contributed by atoms with Crippen LogP contribution in [0.25, 0.3) is 0 Å². The largest absolute Gasteiger partial charge is 0.461 e. The Morgan fingerprint density at radius 2 is 2.17 bits per heavy atom. The molecule has 10 heteroatoms. The van der Waals surface area contributed by atoms with Crippen molar-refractivity contribution in [3.8, 4) is 0 Å². The Labute approximate surface area is 138 Å². The third-order valence-electron chi connectivity index (χ3n) is 2.90. The Hall–Kier alpha value is -2.36. The summed E-state index contributed by atoms with van der Waals surface area (Å²) in [6.45, 7) is 3.38. The van der Waals surface area contributed by atoms with Gasteiger partial charge in [0.05, 0.1) is 4.99 Å². The van der Waals surface area contributed by atoms with E-state index in [0.29, 0.717) is 17.2 Å². The van der Waals surface area contributed by atoms with Gasteiger partial charge in [0.1, 0.15) is 19.3 Å². The van der Waals surface area contributed by atoms with Gasteiger partial charge in [-0.2, -0.15) is 0 Å². The Morgan fingerprint density at radius 3 is 2.78 bits per heavy atom. The number of esters is 1. The van der Waals surface area contributed by atoms with Gasteiger partial charge in [0.15, 0.2) is 5.82 Å². The SMILES string of the molecule is CC(=S)NC(=O)CCCC(=O)OCCn1c([N+](=O)[O-])cnc1C. The minimum Gasteiger partial charge on any atom is -0.461 e. The van der Waals surface area contributed by atoms with Crippen LogP contribution in [0.3, 0.4) is 0 Å². The van der Waals surface area contributed by atoms with Crippen LogP contribution < -0.4 is 5.32 Å². The maximum Gasteiger partial charge on any atom is 0.342 e. The molecule has 1 heterocycles. The summed E-state index contributed by atoms with van der Waals surface area (Å²) < 4.78 is 6.36. The molecule has 1 aromatic heterocycles. The molecule has 0 radical (unpaired) electrons. The summed E-state index contributed by atoms with van der Waals surface area (Å²) in [4.78, 5) is 37.4. The highest BCUT2D eigenvalue weighted by molar-refractivity contribution is 7.80. The van der Waals surface area contributed by atoms with Gasteiger partial charge in [0.25, 0.3) is 0 Å². The van der Waals surface area contributed by atoms with Gasteiger partial charge in [0, 0.05) is 19.8 Å². The van der Waals surface area contributed by atoms with Crippen LogP contribution in [0.1, 0.15) is 32.0 Å². The second-order valence-electron chi connectivity index (χ2n) is 4.75. The van der Waals surface area contributed by atoms with E-state index in [1.165, 1.54) is 4.57 Å². The van der Waals surface area contributed by atoms with Crippen LogP contribution in [0.15, 0.2) is 6.20 Å². The number of nitrogens with one attached hydrogen (secondary N) is 1. The van der Waals surface area contributed by atoms with Crippen molar-refractivity contribution in [3.05, 3.63) is 22.1 Å². The second kappa shape index (κ2) is 8.93. The predicted octanol–water partition coefficient (Wildman–Crippen LogP) is 1.28. The van der Waals surface area contributed by atoms with Crippen molar-refractivity contribution < 1.29 is 19.2 Å². The third-order valence-corrected chi connectivity index (χ3v) is 3.00. The average molecular weight is 342 g/mol. The molecular formula is C13H18N4O5S. The Morgan fingerprint density at radius 1 is 1.48 bits per heavy atom. The molecule has 0 spiro atoms. The number of thiocarbonyl (C=S) groups is 1. The molecule has 0 unspecified atom stereocenters. The smallest absolute Gasteiger partial charge is 0.342 e. The van der Waals surface area contributed by atoms with E-state index in [2.05, 4.69) is 10.3 Å². The van der Waals surface area contributed by atoms with Gasteiger partial charge in [-0.3, -0.25) is 9.59 Å². The molecule has 1 amide bonds. The number of amides is 1. The number of nitrogens with zero attached hydrogens (tertiary/aromatic N) is 3. The van der Waals surface area contributed by atoms with E-state index >= 15 is 0 Å². The first-order chi connectivity index (χ1) is 10.8. The predicted molar refractivity (Wildman–Crippen MR) is 84.8 cm³/mol. The first-order valence-corrected chi connectivity index (χ1v) is 7.34. The molecule has 0 bridgehead atoms. The summed E-state index contributed by atoms with van der Waals surface area (Å²) in [5.74, 6) is -0.377. The van der Waals surface area contributed by atoms with Gasteiger partial charge in [-0.05, 0) is 18.3 Å². The van der Waals surface area contributed by atoms with Crippen molar-refractivity contribution in [2.24, 2.45) is 0 Å². The number of rotatable bonds is 8. The van der Waals surface area contributed by atoms with Gasteiger partial charge in [0.2, 0.25) is 5.91 Å². The number of nitro groups is 1. The normalized spacial score (nSPS) is 10.2. The average Bonchev–Trinajstić information content (AvgIpc) is 2.79. The van der Waals surface area contributed by atoms with E-state index in [1.807, 2.05) is 0 Å². The van der Waals surface area contributed by atoms with Crippen LogP contribution in [0.5, 0.6) is 0 Å². The summed E-state index contributed by atoms with van der Waals surface area (Å²) in [6.07, 6.45) is 1.77. The summed E-state index contributed by atoms with van der Waals surface area (Å²) in [5, 5.41) is 13.3. The van der Waals surface area contributed by atoms with Crippen molar-refractivity contribution in [1.29, 1.82) is 0 Å². The van der Waals surface area contributed by atoms with Gasteiger partial charge >= 0.3 is 11.8 Å². The maximum atomic E-state index is 11.5. The molecule has 23 heavy (non-hydrogen) atoms. The number of carbonyl (C=O) groups excluding carboxylic acids is 2. The lowest BCUT2D eigenvalue weighted by molar-refractivity contribution is -0.392. The van der Waals surface area contributed by atoms with Gasteiger partial charge < -0.3 is 20.2 Å². The molecule has 0 aliphatic heterocycles. The first-order valence-electron chi connectivity index (χ1n) is 6.93. The summed E-state index contributed by atoms with van der Waals surface area (Å²) >= 11 is 4.73. The van der Waals surface area contributed by atoms with E-state index in [4.69, 9.17) is 17.0 Å². The fraction of sp³-hybridized carbons (Fsp3) is 0.538. The van der Waals surface area contributed by atoms with E-state index < -0.39 is 10.9 Å². The monoisotopic (exact) mass is 342 g/mol. The van der Waals surface area contributed by atoms with E-state index in [-0.39, 0.29) is 37.7 Å². The highest BCUT2D eigenvalue weighted by Crippen LogP contribution is 2.13. The van der Waals surface area contributed by atoms with E-state index in [9.17, 15) is 19.7 Å². The van der Waals surface area contributed by atoms with Crippen LogP contribution in [0, 0.1) is 17.0 Å². The fourth-order valence-electron chi connectivity index (χ4n) is 1.85. The molecule has 1 rings (SSSR count). The third kappa shape index (κ3) is 6.51. The van der Waals surface area contributed by atoms with Gasteiger partial charge in [-0.15, -0.1) is 0 Å². The fourth-order valence-corrected chi connectivity index (χ4v) is 1.97. The zero-order valence-electron chi connectivity index (χ0n) is 12.9. The topological polar surface area (TPSA) is 116 Å². The lowest BCUT2D eigenvalue weighted by Crippen LogP contribution is -2.26. The number of imidazole rings is 1. The maximum absolute atomic E-state index is 11.5. The van der Waals surface area contributed by atoms with Gasteiger partial charge in [-0.25, -0.2) is 9.55 Å². The quantitative estimate of drug-likeness (QED) is 0.327. The summed E-state index contributed by atoms with van der Waals surface area (Å²) in [6, 6.07) is 0. The molecule has 0 aliphatic rings. The second-order valence-corrected chi connectivity index (χ2v) is 5.36. The zero-order chi connectivity index (χ0) is 17.4. The molecular weight excluding hydrogens is 324 g/mol. The number of aryl methyl sites for hydroxylation is 1. The lowest BCUT2D eigenvalue weighted by atomic mass is 10.2. The van der Waals surface area contributed by atoms with Crippen molar-refractivity contribution in [2.45, 2.75) is 39.7 Å². The van der Waals surface area contributed by atoms with Crippen molar-refractivity contribution in [2.75, 3.05) is 6.61 Å². The van der Waals surface area contributed by atoms with Crippen LogP contribution in [0.2, 0.25) is 0 Å². The van der Waals surface area contributed by atoms with Crippen LogP contribution in [-0.2, 0) is 20.9 Å². The molecule has 0 aromatic carbocycles. The molecule has 0 saturated heterocycles. The molecule has 0 atom stereocenters.